The predicted octanol–water partition coefficient (Wildman–Crippen LogP) is 7.60. The van der Waals surface area contributed by atoms with Crippen molar-refractivity contribution in [3.8, 4) is 39.8 Å². The van der Waals surface area contributed by atoms with Crippen LogP contribution in [-0.2, 0) is 28.0 Å². The van der Waals surface area contributed by atoms with Crippen molar-refractivity contribution < 1.29 is 27.9 Å². The molecule has 1 spiro atoms. The number of ether oxygens (including phenoxy) is 2. The first-order valence-electron chi connectivity index (χ1n) is 18.4. The molecule has 7 heterocycles. The average molecular weight is 731 g/mol. The van der Waals surface area contributed by atoms with Gasteiger partial charge in [0, 0.05) is 51.5 Å². The highest BCUT2D eigenvalue weighted by Crippen LogP contribution is 2.61. The van der Waals surface area contributed by atoms with Crippen molar-refractivity contribution in [1.29, 1.82) is 0 Å². The van der Waals surface area contributed by atoms with Gasteiger partial charge in [-0.3, -0.25) is 4.79 Å². The van der Waals surface area contributed by atoms with Crippen LogP contribution in [-0.4, -0.2) is 39.2 Å². The third-order valence-corrected chi connectivity index (χ3v) is 11.3. The smallest absolute Gasteiger partial charge is 0.408 e. The maximum absolute atomic E-state index is 14.3. The number of hydrogen-bond acceptors (Lipinski definition) is 9. The summed E-state index contributed by atoms with van der Waals surface area (Å²) in [6.07, 6.45) is 2.51. The molecule has 2 amide bonds. The largest absolute Gasteiger partial charge is 0.469 e. The molecule has 4 aromatic carbocycles. The number of aromatic nitrogens is 3. The van der Waals surface area contributed by atoms with Crippen LogP contribution in [0.25, 0.3) is 44.9 Å². The SMILES string of the molecule is CC(C)C1NC(=O)[C@@H](NC(=O)OCc2ccccc2)Cc2ccc3c(c2)C24c5cccc(c5NC2O3)-c2cccc3[nH]cc(c23)-c2cnc(o2)-c2nc1oc24. The van der Waals surface area contributed by atoms with Crippen molar-refractivity contribution in [2.75, 3.05) is 5.32 Å². The number of fused-ring (bicyclic) bond motifs is 7. The van der Waals surface area contributed by atoms with Crippen molar-refractivity contribution in [2.45, 2.75) is 50.6 Å². The number of para-hydroxylation sites is 1. The molecule has 4 aliphatic heterocycles. The lowest BCUT2D eigenvalue weighted by Gasteiger charge is -2.28. The zero-order valence-electron chi connectivity index (χ0n) is 29.8. The average Bonchev–Trinajstić information content (AvgIpc) is 4.02. The maximum Gasteiger partial charge on any atom is 0.408 e. The quantitative estimate of drug-likeness (QED) is 0.143. The number of aromatic amines is 1. The molecule has 0 aliphatic carbocycles. The zero-order valence-corrected chi connectivity index (χ0v) is 29.8. The number of benzene rings is 4. The van der Waals surface area contributed by atoms with Gasteiger partial charge >= 0.3 is 6.09 Å². The Balaban J connectivity index is 1.13. The van der Waals surface area contributed by atoms with Crippen molar-refractivity contribution in [3.05, 3.63) is 131 Å². The number of amides is 2. The van der Waals surface area contributed by atoms with Crippen molar-refractivity contribution in [1.82, 2.24) is 25.6 Å². The van der Waals surface area contributed by atoms with Gasteiger partial charge in [-0.1, -0.05) is 86.6 Å². The molecule has 3 aromatic heterocycles. The number of rotatable bonds is 4. The molecule has 0 fully saturated rings. The van der Waals surface area contributed by atoms with Gasteiger partial charge in [-0.2, -0.15) is 0 Å². The van der Waals surface area contributed by atoms with E-state index in [4.69, 9.17) is 28.3 Å². The van der Waals surface area contributed by atoms with Crippen LogP contribution in [0.5, 0.6) is 5.75 Å². The van der Waals surface area contributed by atoms with Gasteiger partial charge in [-0.15, -0.1) is 0 Å². The summed E-state index contributed by atoms with van der Waals surface area (Å²) in [4.78, 5) is 40.9. The van der Waals surface area contributed by atoms with Crippen LogP contribution >= 0.6 is 0 Å². The van der Waals surface area contributed by atoms with Gasteiger partial charge in [0.05, 0.1) is 6.20 Å². The number of oxazole rings is 2. The van der Waals surface area contributed by atoms with Crippen molar-refractivity contribution in [2.24, 2.45) is 5.92 Å². The van der Waals surface area contributed by atoms with E-state index in [9.17, 15) is 9.59 Å². The molecule has 4 atom stereocenters. The fourth-order valence-corrected chi connectivity index (χ4v) is 8.76. The first-order chi connectivity index (χ1) is 26.9. The molecule has 4 N–H and O–H groups in total. The highest BCUT2D eigenvalue weighted by molar-refractivity contribution is 6.07. The molecule has 7 aromatic rings. The Hall–Kier alpha value is -6.82. The van der Waals surface area contributed by atoms with Crippen molar-refractivity contribution >= 4 is 28.6 Å². The zero-order chi connectivity index (χ0) is 37.0. The van der Waals surface area contributed by atoms with E-state index in [1.165, 1.54) is 0 Å². The second kappa shape index (κ2) is 11.6. The summed E-state index contributed by atoms with van der Waals surface area (Å²) in [7, 11) is 0. The summed E-state index contributed by atoms with van der Waals surface area (Å²) in [6, 6.07) is 26.1. The first-order valence-corrected chi connectivity index (χ1v) is 18.4. The molecule has 4 aliphatic rings. The van der Waals surface area contributed by atoms with E-state index < -0.39 is 35.7 Å². The Kier molecular flexibility index (Phi) is 6.68. The van der Waals surface area contributed by atoms with Crippen LogP contribution in [0.15, 0.2) is 106 Å². The summed E-state index contributed by atoms with van der Waals surface area (Å²) >= 11 is 0. The molecule has 272 valence electrons. The molecule has 12 heteroatoms. The topological polar surface area (TPSA) is 157 Å². The predicted molar refractivity (Wildman–Crippen MR) is 202 cm³/mol. The molecule has 0 saturated carbocycles. The van der Waals surface area contributed by atoms with E-state index >= 15 is 0 Å². The Labute approximate surface area is 314 Å². The lowest BCUT2D eigenvalue weighted by atomic mass is 9.72. The van der Waals surface area contributed by atoms with E-state index in [-0.39, 0.29) is 30.7 Å². The molecule has 12 nitrogen and oxygen atoms in total. The Morgan fingerprint density at radius 3 is 2.69 bits per heavy atom. The lowest BCUT2D eigenvalue weighted by molar-refractivity contribution is -0.124. The molecule has 55 heavy (non-hydrogen) atoms. The standard InChI is InChI=1S/C43H34N6O6/c1-21(2)34-40-48-36-37(55-40)43-27-12-6-11-25(24-10-7-13-29-33(24)26(18-44-29)32-19-45-39(36)53-32)35(27)49-41(43)54-31-15-14-23(16-28(31)43)17-30(38(50)47-34)46-42(51)52-20-22-8-4-3-5-9-22/h3-16,18-19,21,30,34,41,44,49H,17,20H2,1-2H3,(H,46,51)(H,47,50)/t30-,34?,41?,43?/m0/s1. The number of hydrogen-bond donors (Lipinski definition) is 4. The fourth-order valence-electron chi connectivity index (χ4n) is 8.76. The minimum absolute atomic E-state index is 0.0636. The van der Waals surface area contributed by atoms with Crippen LogP contribution in [0.2, 0.25) is 0 Å². The Morgan fingerprint density at radius 1 is 0.964 bits per heavy atom. The summed E-state index contributed by atoms with van der Waals surface area (Å²) < 4.78 is 26.0. The summed E-state index contributed by atoms with van der Waals surface area (Å²) in [5.74, 6) is 1.72. The van der Waals surface area contributed by atoms with E-state index in [0.717, 1.165) is 55.5 Å². The Bertz CT molecular complexity index is 2710. The van der Waals surface area contributed by atoms with Gasteiger partial charge in [-0.25, -0.2) is 14.8 Å². The molecule has 3 unspecified atom stereocenters. The number of anilines is 1. The van der Waals surface area contributed by atoms with E-state index in [1.807, 2.05) is 80.7 Å². The second-order valence-corrected chi connectivity index (χ2v) is 14.9. The molecular weight excluding hydrogens is 697 g/mol. The monoisotopic (exact) mass is 730 g/mol. The van der Waals surface area contributed by atoms with Crippen LogP contribution < -0.4 is 20.7 Å². The normalized spacial score (nSPS) is 21.1. The molecular formula is C43H34N6O6. The third-order valence-electron chi connectivity index (χ3n) is 11.3. The molecule has 11 rings (SSSR count). The molecule has 0 radical (unpaired) electrons. The van der Waals surface area contributed by atoms with Gasteiger partial charge in [-0.05, 0) is 34.7 Å². The maximum atomic E-state index is 14.3. The highest BCUT2D eigenvalue weighted by atomic mass is 16.5. The van der Waals surface area contributed by atoms with Gasteiger partial charge in [0.25, 0.3) is 0 Å². The van der Waals surface area contributed by atoms with Gasteiger partial charge in [0.1, 0.15) is 29.9 Å². The van der Waals surface area contributed by atoms with Crippen molar-refractivity contribution in [3.63, 3.8) is 0 Å². The number of nitrogens with zero attached hydrogens (tertiary/aromatic N) is 2. The van der Waals surface area contributed by atoms with Gasteiger partial charge in [0.15, 0.2) is 23.4 Å². The van der Waals surface area contributed by atoms with Crippen LogP contribution in [0.4, 0.5) is 10.5 Å². The minimum atomic E-state index is -1.05. The van der Waals surface area contributed by atoms with Gasteiger partial charge < -0.3 is 39.2 Å². The summed E-state index contributed by atoms with van der Waals surface area (Å²) in [5.41, 5.74) is 7.53. The van der Waals surface area contributed by atoms with E-state index in [2.05, 4.69) is 45.2 Å². The lowest BCUT2D eigenvalue weighted by Crippen LogP contribution is -2.49. The Morgan fingerprint density at radius 2 is 1.82 bits per heavy atom. The second-order valence-electron chi connectivity index (χ2n) is 14.9. The molecule has 10 bridgehead atoms. The van der Waals surface area contributed by atoms with Crippen LogP contribution in [0.1, 0.15) is 53.8 Å². The number of carbonyl (C=O) groups excluding carboxylic acids is 2. The fraction of sp³-hybridized carbons (Fsp3) is 0.209. The van der Waals surface area contributed by atoms with E-state index in [1.54, 1.807) is 6.20 Å². The highest BCUT2D eigenvalue weighted by Gasteiger charge is 2.61. The number of carbonyl (C=O) groups is 2. The van der Waals surface area contributed by atoms with Gasteiger partial charge in [0.2, 0.25) is 17.7 Å². The van der Waals surface area contributed by atoms with Crippen LogP contribution in [0.3, 0.4) is 0 Å². The summed E-state index contributed by atoms with van der Waals surface area (Å²) in [5, 5.41) is 10.8. The molecule has 0 saturated heterocycles. The number of nitrogens with one attached hydrogen (secondary N) is 4. The van der Waals surface area contributed by atoms with Crippen LogP contribution in [0, 0.1) is 5.92 Å². The first kappa shape index (κ1) is 31.7. The third kappa shape index (κ3) is 4.57. The summed E-state index contributed by atoms with van der Waals surface area (Å²) in [6.45, 7) is 4.03. The number of H-pyrrole nitrogens is 1. The number of alkyl carbamates (subject to hydrolysis) is 1. The van der Waals surface area contributed by atoms with E-state index in [0.29, 0.717) is 23.0 Å². The minimum Gasteiger partial charge on any atom is -0.469 e.